The van der Waals surface area contributed by atoms with Crippen molar-refractivity contribution in [2.24, 2.45) is 4.99 Å². The maximum Gasteiger partial charge on any atom is 0.191 e. The summed E-state index contributed by atoms with van der Waals surface area (Å²) in [7, 11) is 0. The predicted octanol–water partition coefficient (Wildman–Crippen LogP) is 3.68. The van der Waals surface area contributed by atoms with Crippen molar-refractivity contribution >= 4 is 41.3 Å². The van der Waals surface area contributed by atoms with Crippen LogP contribution in [0.4, 0.5) is 0 Å². The summed E-state index contributed by atoms with van der Waals surface area (Å²) in [6.07, 6.45) is 2.02. The Hall–Kier alpha value is -0.410. The first-order chi connectivity index (χ1) is 11.4. The van der Waals surface area contributed by atoms with Gasteiger partial charge < -0.3 is 10.6 Å². The van der Waals surface area contributed by atoms with Crippen LogP contribution in [-0.4, -0.2) is 54.1 Å². The molecule has 1 rings (SSSR count). The van der Waals surface area contributed by atoms with Crippen LogP contribution in [0, 0.1) is 6.92 Å². The van der Waals surface area contributed by atoms with Gasteiger partial charge in [0.05, 0.1) is 10.7 Å². The van der Waals surface area contributed by atoms with Gasteiger partial charge >= 0.3 is 0 Å². The molecule has 0 fully saturated rings. The van der Waals surface area contributed by atoms with Crippen molar-refractivity contribution in [1.82, 2.24) is 20.5 Å². The minimum atomic E-state index is 0. The third-order valence-corrected chi connectivity index (χ3v) is 4.68. The highest BCUT2D eigenvalue weighted by atomic mass is 127. The molecular weight excluding hydrogens is 445 g/mol. The number of aryl methyl sites for hydroxylation is 1. The molecule has 0 spiro atoms. The Morgan fingerprint density at radius 1 is 1.24 bits per heavy atom. The Labute approximate surface area is 175 Å². The summed E-state index contributed by atoms with van der Waals surface area (Å²) in [5.74, 6) is 0.907. The summed E-state index contributed by atoms with van der Waals surface area (Å²) in [6.45, 7) is 16.9. The molecule has 0 saturated heterocycles. The average molecular weight is 481 g/mol. The molecule has 0 aromatic carbocycles. The average Bonchev–Trinajstić information content (AvgIpc) is 2.91. The lowest BCUT2D eigenvalue weighted by Gasteiger charge is -2.30. The number of halogens is 1. The Kier molecular flexibility index (Phi) is 13.5. The van der Waals surface area contributed by atoms with Gasteiger partial charge in [-0.25, -0.2) is 4.98 Å². The largest absolute Gasteiger partial charge is 0.357 e. The van der Waals surface area contributed by atoms with Crippen LogP contribution in [0.15, 0.2) is 10.4 Å². The first-order valence-electron chi connectivity index (χ1n) is 9.13. The summed E-state index contributed by atoms with van der Waals surface area (Å²) in [5.41, 5.74) is 1.16. The maximum atomic E-state index is 4.69. The van der Waals surface area contributed by atoms with Crippen molar-refractivity contribution in [3.8, 4) is 0 Å². The molecule has 0 bridgehead atoms. The zero-order chi connectivity index (χ0) is 17.9. The van der Waals surface area contributed by atoms with E-state index in [1.165, 1.54) is 0 Å². The van der Waals surface area contributed by atoms with E-state index < -0.39 is 0 Å². The van der Waals surface area contributed by atoms with Crippen LogP contribution in [0.5, 0.6) is 0 Å². The molecule has 1 heterocycles. The smallest absolute Gasteiger partial charge is 0.191 e. The van der Waals surface area contributed by atoms with Gasteiger partial charge in [-0.15, -0.1) is 35.3 Å². The van der Waals surface area contributed by atoms with E-state index in [1.807, 2.05) is 6.92 Å². The molecule has 0 atom stereocenters. The highest BCUT2D eigenvalue weighted by Crippen LogP contribution is 2.08. The topological polar surface area (TPSA) is 52.6 Å². The predicted molar refractivity (Wildman–Crippen MR) is 122 cm³/mol. The molecular formula is C18H36IN5S. The first kappa shape index (κ1) is 24.6. The number of nitrogens with one attached hydrogen (secondary N) is 2. The fraction of sp³-hybridized carbons (Fsp3) is 0.778. The van der Waals surface area contributed by atoms with Crippen LogP contribution in [0.2, 0.25) is 0 Å². The standard InChI is InChI=1S/C18H35N5S.HI/c1-7-19-18(21-11-9-17-13-24-16(6)22-17)20-10-8-12-23(14(2)3)15(4)5;/h13-15H,7-12H2,1-6H3,(H2,19,20,21);1H. The van der Waals surface area contributed by atoms with Crippen LogP contribution in [0.25, 0.3) is 0 Å². The van der Waals surface area contributed by atoms with Gasteiger partial charge in [0.25, 0.3) is 0 Å². The molecule has 1 aromatic rings. The number of hydrogen-bond acceptors (Lipinski definition) is 4. The summed E-state index contributed by atoms with van der Waals surface area (Å²) >= 11 is 1.71. The van der Waals surface area contributed by atoms with E-state index in [4.69, 9.17) is 4.99 Å². The molecule has 2 N–H and O–H groups in total. The Bertz CT molecular complexity index is 480. The highest BCUT2D eigenvalue weighted by Gasteiger charge is 2.12. The number of aliphatic imine (C=N–C) groups is 1. The van der Waals surface area contributed by atoms with Crippen molar-refractivity contribution in [1.29, 1.82) is 0 Å². The molecule has 25 heavy (non-hydrogen) atoms. The zero-order valence-corrected chi connectivity index (χ0v) is 19.8. The number of aromatic nitrogens is 1. The lowest BCUT2D eigenvalue weighted by Crippen LogP contribution is -2.39. The molecule has 0 aliphatic carbocycles. The molecule has 7 heteroatoms. The Balaban J connectivity index is 0.00000576. The van der Waals surface area contributed by atoms with E-state index in [-0.39, 0.29) is 24.0 Å². The first-order valence-corrected chi connectivity index (χ1v) is 10.0. The summed E-state index contributed by atoms with van der Waals surface area (Å²) in [6, 6.07) is 1.17. The molecule has 0 amide bonds. The summed E-state index contributed by atoms with van der Waals surface area (Å²) in [5, 5.41) is 9.98. The van der Waals surface area contributed by atoms with E-state index >= 15 is 0 Å². The lowest BCUT2D eigenvalue weighted by atomic mass is 10.2. The molecule has 0 unspecified atom stereocenters. The van der Waals surface area contributed by atoms with E-state index in [2.05, 4.69) is 60.5 Å². The number of thiazole rings is 1. The van der Waals surface area contributed by atoms with Crippen LogP contribution in [-0.2, 0) is 6.42 Å². The summed E-state index contributed by atoms with van der Waals surface area (Å²) in [4.78, 5) is 11.7. The van der Waals surface area contributed by atoms with Gasteiger partial charge in [0, 0.05) is 50.1 Å². The number of rotatable bonds is 10. The second-order valence-electron chi connectivity index (χ2n) is 6.57. The second-order valence-corrected chi connectivity index (χ2v) is 7.64. The number of nitrogens with zero attached hydrogens (tertiary/aromatic N) is 3. The van der Waals surface area contributed by atoms with Crippen molar-refractivity contribution in [2.45, 2.75) is 66.5 Å². The Morgan fingerprint density at radius 2 is 1.92 bits per heavy atom. The molecule has 0 aliphatic heterocycles. The van der Waals surface area contributed by atoms with E-state index in [1.54, 1.807) is 11.3 Å². The molecule has 5 nitrogen and oxygen atoms in total. The Morgan fingerprint density at radius 3 is 2.44 bits per heavy atom. The van der Waals surface area contributed by atoms with Gasteiger partial charge in [-0.1, -0.05) is 0 Å². The number of guanidine groups is 1. The molecule has 1 aromatic heterocycles. The van der Waals surface area contributed by atoms with Gasteiger partial charge in [-0.3, -0.25) is 9.89 Å². The molecule has 0 saturated carbocycles. The van der Waals surface area contributed by atoms with Gasteiger partial charge in [0.2, 0.25) is 0 Å². The van der Waals surface area contributed by atoms with E-state index in [0.29, 0.717) is 12.1 Å². The van der Waals surface area contributed by atoms with Crippen LogP contribution < -0.4 is 10.6 Å². The van der Waals surface area contributed by atoms with Crippen LogP contribution in [0.3, 0.4) is 0 Å². The van der Waals surface area contributed by atoms with Crippen molar-refractivity contribution < 1.29 is 0 Å². The third kappa shape index (κ3) is 10.4. The highest BCUT2D eigenvalue weighted by molar-refractivity contribution is 14.0. The minimum absolute atomic E-state index is 0. The van der Waals surface area contributed by atoms with Crippen LogP contribution in [0.1, 0.15) is 51.7 Å². The minimum Gasteiger partial charge on any atom is -0.357 e. The summed E-state index contributed by atoms with van der Waals surface area (Å²) < 4.78 is 0. The zero-order valence-electron chi connectivity index (χ0n) is 16.6. The van der Waals surface area contributed by atoms with E-state index in [9.17, 15) is 0 Å². The van der Waals surface area contributed by atoms with Crippen molar-refractivity contribution in [3.63, 3.8) is 0 Å². The van der Waals surface area contributed by atoms with Crippen molar-refractivity contribution in [2.75, 3.05) is 26.2 Å². The lowest BCUT2D eigenvalue weighted by molar-refractivity contribution is 0.174. The van der Waals surface area contributed by atoms with Crippen LogP contribution >= 0.6 is 35.3 Å². The monoisotopic (exact) mass is 481 g/mol. The maximum absolute atomic E-state index is 4.69. The molecule has 0 radical (unpaired) electrons. The quantitative estimate of drug-likeness (QED) is 0.232. The van der Waals surface area contributed by atoms with Gasteiger partial charge in [-0.05, 0) is 48.0 Å². The normalized spacial score (nSPS) is 12.0. The number of hydrogen-bond donors (Lipinski definition) is 2. The molecule has 146 valence electrons. The van der Waals surface area contributed by atoms with Gasteiger partial charge in [0.1, 0.15) is 0 Å². The van der Waals surface area contributed by atoms with Gasteiger partial charge in [0.15, 0.2) is 5.96 Å². The van der Waals surface area contributed by atoms with E-state index in [0.717, 1.165) is 55.7 Å². The SMILES string of the molecule is CCNC(=NCCCN(C(C)C)C(C)C)NCCc1csc(C)n1.I. The second kappa shape index (κ2) is 13.7. The fourth-order valence-electron chi connectivity index (χ4n) is 2.73. The molecule has 0 aliphatic rings. The van der Waals surface area contributed by atoms with Crippen molar-refractivity contribution in [3.05, 3.63) is 16.1 Å². The van der Waals surface area contributed by atoms with Gasteiger partial charge in [-0.2, -0.15) is 0 Å². The third-order valence-electron chi connectivity index (χ3n) is 3.86. The fourth-order valence-corrected chi connectivity index (χ4v) is 3.38.